The molecule has 0 spiro atoms. The van der Waals surface area contributed by atoms with E-state index in [1.165, 1.54) is 0 Å². The second-order valence-corrected chi connectivity index (χ2v) is 3.52. The molecule has 0 saturated heterocycles. The Labute approximate surface area is 64.8 Å². The van der Waals surface area contributed by atoms with Gasteiger partial charge in [0.05, 0.1) is 13.2 Å². The topological polar surface area (TPSA) is 18.5 Å². The van der Waals surface area contributed by atoms with Crippen LogP contribution in [0.3, 0.4) is 0 Å². The Morgan fingerprint density at radius 1 is 1.00 bits per heavy atom. The van der Waals surface area contributed by atoms with Crippen LogP contribution in [0.2, 0.25) is 0 Å². The highest BCUT2D eigenvalue weighted by Crippen LogP contribution is 2.38. The molecular weight excluding hydrogens is 147 g/mol. The van der Waals surface area contributed by atoms with Crippen LogP contribution in [0.4, 0.5) is 0 Å². The van der Waals surface area contributed by atoms with Gasteiger partial charge in [-0.15, -0.1) is 0 Å². The lowest BCUT2D eigenvalue weighted by Gasteiger charge is -2.13. The van der Waals surface area contributed by atoms with Crippen molar-refractivity contribution in [3.8, 4) is 0 Å². The minimum Gasteiger partial charge on any atom is -0.334 e. The summed E-state index contributed by atoms with van der Waals surface area (Å²) in [7, 11) is -0.561. The number of hydrogen-bond acceptors (Lipinski definition) is 2. The molecular formula is C7H17O2P. The first-order valence-electron chi connectivity index (χ1n) is 3.88. The van der Waals surface area contributed by atoms with Gasteiger partial charge in [0, 0.05) is 6.16 Å². The van der Waals surface area contributed by atoms with E-state index in [1.54, 1.807) is 0 Å². The molecule has 0 saturated carbocycles. The monoisotopic (exact) mass is 164 g/mol. The van der Waals surface area contributed by atoms with E-state index in [0.717, 1.165) is 25.8 Å². The van der Waals surface area contributed by atoms with Crippen LogP contribution in [0.5, 0.6) is 0 Å². The van der Waals surface area contributed by atoms with Gasteiger partial charge < -0.3 is 9.05 Å². The van der Waals surface area contributed by atoms with Gasteiger partial charge in [0.15, 0.2) is 8.38 Å². The Kier molecular flexibility index (Phi) is 7.72. The third kappa shape index (κ3) is 5.16. The number of rotatable bonds is 6. The van der Waals surface area contributed by atoms with Gasteiger partial charge in [0.25, 0.3) is 0 Å². The zero-order valence-corrected chi connectivity index (χ0v) is 7.99. The zero-order chi connectivity index (χ0) is 7.82. The molecule has 0 rings (SSSR count). The Balaban J connectivity index is 3.30. The Hall–Kier alpha value is 0.350. The molecule has 0 heterocycles. The van der Waals surface area contributed by atoms with E-state index in [2.05, 4.69) is 6.92 Å². The molecule has 0 aliphatic heterocycles. The highest BCUT2D eigenvalue weighted by atomic mass is 31.2. The van der Waals surface area contributed by atoms with Crippen molar-refractivity contribution in [2.75, 3.05) is 19.4 Å². The normalized spacial score (nSPS) is 10.8. The molecule has 0 aliphatic carbocycles. The fraction of sp³-hybridized carbons (Fsp3) is 1.00. The fourth-order valence-electron chi connectivity index (χ4n) is 0.637. The van der Waals surface area contributed by atoms with E-state index < -0.39 is 8.38 Å². The molecule has 0 aliphatic rings. The van der Waals surface area contributed by atoms with Crippen LogP contribution in [-0.4, -0.2) is 19.4 Å². The Morgan fingerprint density at radius 2 is 1.50 bits per heavy atom. The predicted molar refractivity (Wildman–Crippen MR) is 45.3 cm³/mol. The van der Waals surface area contributed by atoms with E-state index in [0.29, 0.717) is 0 Å². The van der Waals surface area contributed by atoms with Crippen molar-refractivity contribution in [1.29, 1.82) is 0 Å². The van der Waals surface area contributed by atoms with Gasteiger partial charge in [-0.1, -0.05) is 6.92 Å². The average Bonchev–Trinajstić information content (AvgIpc) is 1.90. The quantitative estimate of drug-likeness (QED) is 0.562. The molecule has 0 N–H and O–H groups in total. The summed E-state index contributed by atoms with van der Waals surface area (Å²) < 4.78 is 10.7. The average molecular weight is 164 g/mol. The molecule has 10 heavy (non-hydrogen) atoms. The predicted octanol–water partition coefficient (Wildman–Crippen LogP) is 2.78. The lowest BCUT2D eigenvalue weighted by molar-refractivity contribution is 0.269. The van der Waals surface area contributed by atoms with Gasteiger partial charge in [-0.05, 0) is 20.3 Å². The molecule has 3 heteroatoms. The van der Waals surface area contributed by atoms with Crippen molar-refractivity contribution >= 4 is 8.38 Å². The summed E-state index contributed by atoms with van der Waals surface area (Å²) in [5.74, 6) is 0. The first kappa shape index (κ1) is 10.3. The Morgan fingerprint density at radius 3 is 1.80 bits per heavy atom. The van der Waals surface area contributed by atoms with Gasteiger partial charge in [-0.25, -0.2) is 0 Å². The highest BCUT2D eigenvalue weighted by molar-refractivity contribution is 7.47. The van der Waals surface area contributed by atoms with Crippen molar-refractivity contribution in [2.24, 2.45) is 0 Å². The van der Waals surface area contributed by atoms with E-state index in [1.807, 2.05) is 13.8 Å². The zero-order valence-electron chi connectivity index (χ0n) is 7.09. The smallest absolute Gasteiger partial charge is 0.170 e. The fourth-order valence-corrected chi connectivity index (χ4v) is 1.91. The maximum absolute atomic E-state index is 5.37. The lowest BCUT2D eigenvalue weighted by Crippen LogP contribution is -1.93. The third-order valence-corrected chi connectivity index (χ3v) is 2.86. The summed E-state index contributed by atoms with van der Waals surface area (Å²) in [5.41, 5.74) is 0. The van der Waals surface area contributed by atoms with Crippen molar-refractivity contribution in [2.45, 2.75) is 27.2 Å². The molecule has 0 aromatic carbocycles. The second kappa shape index (κ2) is 7.46. The van der Waals surface area contributed by atoms with Gasteiger partial charge in [0.1, 0.15) is 0 Å². The SMILES string of the molecule is CCCP(OCC)OCC. The first-order chi connectivity index (χ1) is 4.85. The van der Waals surface area contributed by atoms with E-state index in [-0.39, 0.29) is 0 Å². The first-order valence-corrected chi connectivity index (χ1v) is 5.24. The molecule has 2 nitrogen and oxygen atoms in total. The van der Waals surface area contributed by atoms with Crippen LogP contribution < -0.4 is 0 Å². The Bertz CT molecular complexity index is 54.4. The summed E-state index contributed by atoms with van der Waals surface area (Å²) >= 11 is 0. The van der Waals surface area contributed by atoms with E-state index in [9.17, 15) is 0 Å². The molecule has 0 aromatic rings. The van der Waals surface area contributed by atoms with Crippen LogP contribution in [0.15, 0.2) is 0 Å². The summed E-state index contributed by atoms with van der Waals surface area (Å²) in [6.07, 6.45) is 2.21. The van der Waals surface area contributed by atoms with Gasteiger partial charge >= 0.3 is 0 Å². The largest absolute Gasteiger partial charge is 0.334 e. The van der Waals surface area contributed by atoms with Crippen molar-refractivity contribution < 1.29 is 9.05 Å². The van der Waals surface area contributed by atoms with Crippen molar-refractivity contribution in [3.63, 3.8) is 0 Å². The van der Waals surface area contributed by atoms with Crippen molar-refractivity contribution in [3.05, 3.63) is 0 Å². The van der Waals surface area contributed by atoms with Crippen LogP contribution in [0, 0.1) is 0 Å². The molecule has 0 aromatic heterocycles. The maximum Gasteiger partial charge on any atom is 0.170 e. The summed E-state index contributed by atoms with van der Waals surface area (Å²) in [5, 5.41) is 0. The van der Waals surface area contributed by atoms with Crippen LogP contribution >= 0.6 is 8.38 Å². The summed E-state index contributed by atoms with van der Waals surface area (Å²) in [6, 6.07) is 0. The second-order valence-electron chi connectivity index (χ2n) is 1.89. The highest BCUT2D eigenvalue weighted by Gasteiger charge is 2.05. The van der Waals surface area contributed by atoms with Gasteiger partial charge in [-0.2, -0.15) is 0 Å². The van der Waals surface area contributed by atoms with E-state index in [4.69, 9.17) is 9.05 Å². The van der Waals surface area contributed by atoms with E-state index >= 15 is 0 Å². The van der Waals surface area contributed by atoms with Gasteiger partial charge in [0.2, 0.25) is 0 Å². The summed E-state index contributed by atoms with van der Waals surface area (Å²) in [6.45, 7) is 7.69. The molecule has 0 radical (unpaired) electrons. The van der Waals surface area contributed by atoms with Crippen molar-refractivity contribution in [1.82, 2.24) is 0 Å². The summed E-state index contributed by atoms with van der Waals surface area (Å²) in [4.78, 5) is 0. The number of hydrogen-bond donors (Lipinski definition) is 0. The third-order valence-electron chi connectivity index (χ3n) is 0.952. The molecule has 62 valence electrons. The maximum atomic E-state index is 5.37. The van der Waals surface area contributed by atoms with Crippen LogP contribution in [0.25, 0.3) is 0 Å². The molecule has 0 bridgehead atoms. The molecule has 0 fully saturated rings. The molecule has 0 unspecified atom stereocenters. The van der Waals surface area contributed by atoms with Crippen LogP contribution in [-0.2, 0) is 9.05 Å². The minimum atomic E-state index is -0.561. The lowest BCUT2D eigenvalue weighted by atomic mass is 10.6. The standard InChI is InChI=1S/C7H17O2P/c1-4-7-10(8-5-2)9-6-3/h4-7H2,1-3H3. The van der Waals surface area contributed by atoms with Crippen LogP contribution in [0.1, 0.15) is 27.2 Å². The van der Waals surface area contributed by atoms with Gasteiger partial charge in [-0.3, -0.25) is 0 Å². The molecule has 0 amide bonds. The minimum absolute atomic E-state index is 0.561. The molecule has 0 atom stereocenters.